The number of nitrogens with one attached hydrogen (secondary N) is 3. The van der Waals surface area contributed by atoms with Gasteiger partial charge in [0, 0.05) is 43.2 Å². The second kappa shape index (κ2) is 9.40. The SMILES string of the molecule is CN=C(NCCCc1c[nH]c2ccccc12)NC1CCc2nc(C)nn2C1.I. The van der Waals surface area contributed by atoms with Crippen molar-refractivity contribution in [2.75, 3.05) is 13.6 Å². The summed E-state index contributed by atoms with van der Waals surface area (Å²) in [5.41, 5.74) is 2.58. The van der Waals surface area contributed by atoms with Crippen LogP contribution in [0.1, 0.15) is 30.1 Å². The number of guanidine groups is 1. The number of aromatic nitrogens is 4. The third-order valence-corrected chi connectivity index (χ3v) is 5.12. The molecule has 0 spiro atoms. The van der Waals surface area contributed by atoms with Crippen LogP contribution in [0.15, 0.2) is 35.5 Å². The highest BCUT2D eigenvalue weighted by Crippen LogP contribution is 2.18. The summed E-state index contributed by atoms with van der Waals surface area (Å²) in [4.78, 5) is 12.2. The van der Waals surface area contributed by atoms with Gasteiger partial charge in [-0.2, -0.15) is 5.10 Å². The van der Waals surface area contributed by atoms with Gasteiger partial charge >= 0.3 is 0 Å². The Kier molecular flexibility index (Phi) is 6.93. The minimum absolute atomic E-state index is 0. The Morgan fingerprint density at radius 2 is 2.21 bits per heavy atom. The van der Waals surface area contributed by atoms with Crippen LogP contribution in [0.25, 0.3) is 10.9 Å². The second-order valence-electron chi connectivity index (χ2n) is 7.10. The van der Waals surface area contributed by atoms with Crippen LogP contribution in [-0.4, -0.2) is 45.3 Å². The molecule has 0 aliphatic carbocycles. The molecule has 3 N–H and O–H groups in total. The van der Waals surface area contributed by atoms with Crippen LogP contribution in [-0.2, 0) is 19.4 Å². The van der Waals surface area contributed by atoms with Gasteiger partial charge < -0.3 is 15.6 Å². The molecule has 0 saturated heterocycles. The summed E-state index contributed by atoms with van der Waals surface area (Å²) in [6.07, 6.45) is 6.22. The average molecular weight is 493 g/mol. The van der Waals surface area contributed by atoms with E-state index in [0.29, 0.717) is 6.04 Å². The van der Waals surface area contributed by atoms with E-state index in [4.69, 9.17) is 0 Å². The van der Waals surface area contributed by atoms with Crippen LogP contribution in [0.2, 0.25) is 0 Å². The molecule has 0 saturated carbocycles. The molecule has 0 bridgehead atoms. The van der Waals surface area contributed by atoms with Gasteiger partial charge in [0.05, 0.1) is 6.54 Å². The number of hydrogen-bond donors (Lipinski definition) is 3. The first-order valence-corrected chi connectivity index (χ1v) is 9.65. The maximum atomic E-state index is 4.47. The summed E-state index contributed by atoms with van der Waals surface area (Å²) in [7, 11) is 1.82. The number of nitrogens with zero attached hydrogens (tertiary/aromatic N) is 4. The fourth-order valence-electron chi connectivity index (χ4n) is 3.76. The molecule has 0 fully saturated rings. The average Bonchev–Trinajstić information content (AvgIpc) is 3.26. The summed E-state index contributed by atoms with van der Waals surface area (Å²) < 4.78 is 2.01. The number of rotatable bonds is 5. The normalized spacial score (nSPS) is 16.5. The molecule has 3 aromatic rings. The van der Waals surface area contributed by atoms with E-state index in [2.05, 4.69) is 61.2 Å². The Morgan fingerprint density at radius 1 is 1.36 bits per heavy atom. The predicted molar refractivity (Wildman–Crippen MR) is 123 cm³/mol. The van der Waals surface area contributed by atoms with Gasteiger partial charge in [-0.3, -0.25) is 4.99 Å². The Balaban J connectivity index is 0.00000225. The van der Waals surface area contributed by atoms with E-state index in [1.807, 2.05) is 18.7 Å². The first kappa shape index (κ1) is 20.6. The van der Waals surface area contributed by atoms with Gasteiger partial charge in [0.1, 0.15) is 11.6 Å². The molecule has 1 aliphatic rings. The van der Waals surface area contributed by atoms with E-state index in [-0.39, 0.29) is 24.0 Å². The topological polar surface area (TPSA) is 82.9 Å². The Labute approximate surface area is 182 Å². The van der Waals surface area contributed by atoms with E-state index >= 15 is 0 Å². The van der Waals surface area contributed by atoms with Crippen molar-refractivity contribution in [3.63, 3.8) is 0 Å². The van der Waals surface area contributed by atoms with Crippen molar-refractivity contribution in [3.8, 4) is 0 Å². The molecule has 28 heavy (non-hydrogen) atoms. The highest BCUT2D eigenvalue weighted by atomic mass is 127. The number of aliphatic imine (C=N–C) groups is 1. The highest BCUT2D eigenvalue weighted by molar-refractivity contribution is 14.0. The maximum Gasteiger partial charge on any atom is 0.191 e. The molecule has 1 aromatic carbocycles. The standard InChI is InChI=1S/C20H27N7.HI/c1-14-24-19-10-9-16(13-27(19)26-14)25-20(21-2)22-11-5-6-15-12-23-18-8-4-3-7-17(15)18;/h3-4,7-8,12,16,23H,5-6,9-11,13H2,1-2H3,(H2,21,22,25);1H. The molecule has 1 aliphatic heterocycles. The van der Waals surface area contributed by atoms with Crippen LogP contribution < -0.4 is 10.6 Å². The van der Waals surface area contributed by atoms with E-state index < -0.39 is 0 Å². The number of aromatic amines is 1. The number of para-hydroxylation sites is 1. The van der Waals surface area contributed by atoms with Crippen LogP contribution in [0, 0.1) is 6.92 Å². The maximum absolute atomic E-state index is 4.47. The molecule has 1 atom stereocenters. The quantitative estimate of drug-likeness (QED) is 0.221. The van der Waals surface area contributed by atoms with Crippen LogP contribution >= 0.6 is 24.0 Å². The molecule has 2 aromatic heterocycles. The lowest BCUT2D eigenvalue weighted by molar-refractivity contribution is 0.392. The molecule has 7 nitrogen and oxygen atoms in total. The number of benzene rings is 1. The van der Waals surface area contributed by atoms with Crippen molar-refractivity contribution in [1.82, 2.24) is 30.4 Å². The number of H-pyrrole nitrogens is 1. The lowest BCUT2D eigenvalue weighted by atomic mass is 10.1. The molecule has 4 rings (SSSR count). The molecule has 0 radical (unpaired) electrons. The molecule has 3 heterocycles. The minimum atomic E-state index is 0. The lowest BCUT2D eigenvalue weighted by Crippen LogP contribution is -2.47. The molecule has 8 heteroatoms. The third-order valence-electron chi connectivity index (χ3n) is 5.12. The molecule has 1 unspecified atom stereocenters. The van der Waals surface area contributed by atoms with Gasteiger partial charge in [-0.25, -0.2) is 9.67 Å². The summed E-state index contributed by atoms with van der Waals surface area (Å²) in [5.74, 6) is 2.80. The summed E-state index contributed by atoms with van der Waals surface area (Å²) in [6.45, 7) is 3.67. The second-order valence-corrected chi connectivity index (χ2v) is 7.10. The third kappa shape index (κ3) is 4.65. The smallest absolute Gasteiger partial charge is 0.191 e. The fourth-order valence-corrected chi connectivity index (χ4v) is 3.76. The van der Waals surface area contributed by atoms with Gasteiger partial charge in [0.2, 0.25) is 0 Å². The molecular formula is C20H28IN7. The van der Waals surface area contributed by atoms with Crippen molar-refractivity contribution in [3.05, 3.63) is 47.7 Å². The number of halogens is 1. The van der Waals surface area contributed by atoms with Crippen molar-refractivity contribution in [2.24, 2.45) is 4.99 Å². The zero-order valence-corrected chi connectivity index (χ0v) is 18.7. The van der Waals surface area contributed by atoms with Gasteiger partial charge in [-0.05, 0) is 37.8 Å². The fraction of sp³-hybridized carbons (Fsp3) is 0.450. The number of hydrogen-bond acceptors (Lipinski definition) is 3. The number of aryl methyl sites for hydroxylation is 3. The molecule has 150 valence electrons. The van der Waals surface area contributed by atoms with Gasteiger partial charge in [0.25, 0.3) is 0 Å². The Bertz CT molecular complexity index is 943. The largest absolute Gasteiger partial charge is 0.361 e. The summed E-state index contributed by atoms with van der Waals surface area (Å²) in [6, 6.07) is 8.79. The van der Waals surface area contributed by atoms with Gasteiger partial charge in [-0.15, -0.1) is 24.0 Å². The Hall–Kier alpha value is -2.10. The van der Waals surface area contributed by atoms with Crippen molar-refractivity contribution < 1.29 is 0 Å². The summed E-state index contributed by atoms with van der Waals surface area (Å²) >= 11 is 0. The van der Waals surface area contributed by atoms with Crippen LogP contribution in [0.3, 0.4) is 0 Å². The lowest BCUT2D eigenvalue weighted by Gasteiger charge is -2.25. The zero-order valence-electron chi connectivity index (χ0n) is 16.4. The molecule has 0 amide bonds. The van der Waals surface area contributed by atoms with Crippen molar-refractivity contribution in [2.45, 2.75) is 45.2 Å². The Morgan fingerprint density at radius 3 is 3.07 bits per heavy atom. The van der Waals surface area contributed by atoms with Crippen molar-refractivity contribution in [1.29, 1.82) is 0 Å². The van der Waals surface area contributed by atoms with E-state index in [9.17, 15) is 0 Å². The number of fused-ring (bicyclic) bond motifs is 2. The van der Waals surface area contributed by atoms with Crippen molar-refractivity contribution >= 4 is 40.8 Å². The van der Waals surface area contributed by atoms with Gasteiger partial charge in [-0.1, -0.05) is 18.2 Å². The van der Waals surface area contributed by atoms with E-state index in [1.54, 1.807) is 0 Å². The first-order valence-electron chi connectivity index (χ1n) is 9.65. The first-order chi connectivity index (χ1) is 13.2. The zero-order chi connectivity index (χ0) is 18.6. The molecular weight excluding hydrogens is 465 g/mol. The predicted octanol–water partition coefficient (Wildman–Crippen LogP) is 2.80. The van der Waals surface area contributed by atoms with E-state index in [1.165, 1.54) is 16.5 Å². The minimum Gasteiger partial charge on any atom is -0.361 e. The monoisotopic (exact) mass is 493 g/mol. The van der Waals surface area contributed by atoms with E-state index in [0.717, 1.165) is 56.4 Å². The summed E-state index contributed by atoms with van der Waals surface area (Å²) in [5, 5.41) is 12.7. The highest BCUT2D eigenvalue weighted by Gasteiger charge is 2.21. The van der Waals surface area contributed by atoms with Crippen LogP contribution in [0.4, 0.5) is 0 Å². The van der Waals surface area contributed by atoms with Gasteiger partial charge in [0.15, 0.2) is 5.96 Å². The van der Waals surface area contributed by atoms with Crippen LogP contribution in [0.5, 0.6) is 0 Å².